The minimum atomic E-state index is -0.566. The van der Waals surface area contributed by atoms with Crippen LogP contribution >= 0.6 is 0 Å². The second-order valence-electron chi connectivity index (χ2n) is 3.76. The van der Waals surface area contributed by atoms with Crippen LogP contribution in [0.25, 0.3) is 0 Å². The Kier molecular flexibility index (Phi) is 1.99. The summed E-state index contributed by atoms with van der Waals surface area (Å²) in [6, 6.07) is 10.2. The summed E-state index contributed by atoms with van der Waals surface area (Å²) in [5.41, 5.74) is 1.45. The summed E-state index contributed by atoms with van der Waals surface area (Å²) in [6.07, 6.45) is 5.56. The highest BCUT2D eigenvalue weighted by Gasteiger charge is 2.37. The van der Waals surface area contributed by atoms with Crippen LogP contribution in [0.2, 0.25) is 0 Å². The lowest BCUT2D eigenvalue weighted by molar-refractivity contribution is 0.613. The van der Waals surface area contributed by atoms with E-state index in [0.717, 1.165) is 12.1 Å². The molecule has 0 saturated heterocycles. The Bertz CT molecular complexity index is 513. The van der Waals surface area contributed by atoms with Crippen LogP contribution < -0.4 is 0 Å². The van der Waals surface area contributed by atoms with Gasteiger partial charge in [-0.3, -0.25) is 0 Å². The fraction of sp³-hybridized carbons (Fsp3) is 0.167. The Morgan fingerprint density at radius 3 is 2.69 bits per heavy atom. The third-order valence-electron chi connectivity index (χ3n) is 2.71. The Labute approximate surface area is 93.2 Å². The Morgan fingerprint density at radius 2 is 1.81 bits per heavy atom. The first kappa shape index (κ1) is 9.15. The van der Waals surface area contributed by atoms with Crippen LogP contribution in [-0.4, -0.2) is 30.3 Å². The Balaban J connectivity index is 1.95. The first-order valence-corrected chi connectivity index (χ1v) is 5.12. The standard InChI is InChI=1S/C12H10N4/c1-2-4-10(5-3-1)6-12-11(14-9-16-12)7-13-8-15-12/h1-5,7-9H,6H2. The number of fused-ring (bicyclic) bond motifs is 1. The molecule has 2 heterocycles. The van der Waals surface area contributed by atoms with Gasteiger partial charge in [0.2, 0.25) is 5.66 Å². The molecule has 0 aromatic heterocycles. The van der Waals surface area contributed by atoms with E-state index in [1.54, 1.807) is 18.9 Å². The largest absolute Gasteiger partial charge is 0.243 e. The average molecular weight is 210 g/mol. The first-order valence-electron chi connectivity index (χ1n) is 5.12. The highest BCUT2D eigenvalue weighted by atomic mass is 15.2. The lowest BCUT2D eigenvalue weighted by atomic mass is 9.96. The maximum Gasteiger partial charge on any atom is 0.201 e. The topological polar surface area (TPSA) is 49.4 Å². The van der Waals surface area contributed by atoms with Gasteiger partial charge in [0, 0.05) is 6.42 Å². The van der Waals surface area contributed by atoms with E-state index in [0.29, 0.717) is 0 Å². The molecule has 16 heavy (non-hydrogen) atoms. The van der Waals surface area contributed by atoms with Gasteiger partial charge in [-0.15, -0.1) is 0 Å². The second kappa shape index (κ2) is 3.48. The zero-order valence-electron chi connectivity index (χ0n) is 8.61. The van der Waals surface area contributed by atoms with Crippen molar-refractivity contribution >= 4 is 24.6 Å². The fourth-order valence-electron chi connectivity index (χ4n) is 1.89. The summed E-state index contributed by atoms with van der Waals surface area (Å²) in [7, 11) is 0. The van der Waals surface area contributed by atoms with E-state index in [-0.39, 0.29) is 0 Å². The molecule has 1 aromatic rings. The lowest BCUT2D eigenvalue weighted by Gasteiger charge is -2.23. The molecule has 1 atom stereocenters. The Morgan fingerprint density at radius 1 is 1.00 bits per heavy atom. The van der Waals surface area contributed by atoms with Gasteiger partial charge < -0.3 is 0 Å². The molecular weight excluding hydrogens is 200 g/mol. The maximum atomic E-state index is 4.37. The van der Waals surface area contributed by atoms with Crippen molar-refractivity contribution in [3.8, 4) is 0 Å². The van der Waals surface area contributed by atoms with Gasteiger partial charge in [0.15, 0.2) is 0 Å². The number of rotatable bonds is 2. The zero-order valence-corrected chi connectivity index (χ0v) is 8.61. The van der Waals surface area contributed by atoms with Gasteiger partial charge in [0.1, 0.15) is 18.4 Å². The van der Waals surface area contributed by atoms with Crippen molar-refractivity contribution in [2.45, 2.75) is 12.1 Å². The maximum absolute atomic E-state index is 4.37. The molecule has 0 N–H and O–H groups in total. The highest BCUT2D eigenvalue weighted by Crippen LogP contribution is 2.25. The van der Waals surface area contributed by atoms with Crippen molar-refractivity contribution < 1.29 is 0 Å². The third-order valence-corrected chi connectivity index (χ3v) is 2.71. The number of aliphatic imine (C=N–C) groups is 4. The second-order valence-corrected chi connectivity index (χ2v) is 3.76. The molecule has 4 nitrogen and oxygen atoms in total. The summed E-state index contributed by atoms with van der Waals surface area (Å²) in [5.74, 6) is 0. The van der Waals surface area contributed by atoms with Crippen LogP contribution in [0.3, 0.4) is 0 Å². The molecule has 0 fully saturated rings. The molecule has 1 aromatic carbocycles. The van der Waals surface area contributed by atoms with Gasteiger partial charge in [-0.2, -0.15) is 0 Å². The van der Waals surface area contributed by atoms with Crippen molar-refractivity contribution in [2.75, 3.05) is 0 Å². The molecular formula is C12H10N4. The fourth-order valence-corrected chi connectivity index (χ4v) is 1.89. The number of hydrogen-bond acceptors (Lipinski definition) is 4. The number of benzene rings is 1. The molecule has 1 unspecified atom stereocenters. The van der Waals surface area contributed by atoms with Crippen LogP contribution in [0.1, 0.15) is 5.56 Å². The average Bonchev–Trinajstić information content (AvgIpc) is 2.73. The third kappa shape index (κ3) is 1.39. The van der Waals surface area contributed by atoms with E-state index < -0.39 is 5.66 Å². The monoisotopic (exact) mass is 210 g/mol. The van der Waals surface area contributed by atoms with Crippen molar-refractivity contribution in [3.05, 3.63) is 35.9 Å². The SMILES string of the molecule is C1=NC=NC2(Cc3ccccc3)N=CN=C12. The summed E-state index contributed by atoms with van der Waals surface area (Å²) >= 11 is 0. The molecule has 2 aliphatic rings. The van der Waals surface area contributed by atoms with E-state index >= 15 is 0 Å². The van der Waals surface area contributed by atoms with Gasteiger partial charge in [-0.1, -0.05) is 30.3 Å². The van der Waals surface area contributed by atoms with E-state index in [1.807, 2.05) is 18.2 Å². The van der Waals surface area contributed by atoms with Gasteiger partial charge in [0.05, 0.1) is 6.21 Å². The summed E-state index contributed by atoms with van der Waals surface area (Å²) in [4.78, 5) is 16.9. The minimum Gasteiger partial charge on any atom is -0.243 e. The predicted molar refractivity (Wildman–Crippen MR) is 65.8 cm³/mol. The van der Waals surface area contributed by atoms with Crippen LogP contribution in [0.5, 0.6) is 0 Å². The molecule has 78 valence electrons. The zero-order chi connectivity index (χ0) is 10.8. The van der Waals surface area contributed by atoms with Crippen LogP contribution in [0, 0.1) is 0 Å². The molecule has 2 aliphatic heterocycles. The normalized spacial score (nSPS) is 25.6. The van der Waals surface area contributed by atoms with Crippen LogP contribution in [0.15, 0.2) is 50.3 Å². The van der Waals surface area contributed by atoms with Gasteiger partial charge in [-0.05, 0) is 5.56 Å². The van der Waals surface area contributed by atoms with Gasteiger partial charge >= 0.3 is 0 Å². The van der Waals surface area contributed by atoms with Crippen molar-refractivity contribution in [1.82, 2.24) is 0 Å². The molecule has 0 radical (unpaired) electrons. The number of hydrogen-bond donors (Lipinski definition) is 0. The highest BCUT2D eigenvalue weighted by molar-refractivity contribution is 6.39. The van der Waals surface area contributed by atoms with E-state index in [2.05, 4.69) is 32.1 Å². The molecule has 3 rings (SSSR count). The van der Waals surface area contributed by atoms with Crippen molar-refractivity contribution in [2.24, 2.45) is 20.0 Å². The molecule has 0 saturated carbocycles. The lowest BCUT2D eigenvalue weighted by Crippen LogP contribution is -2.37. The van der Waals surface area contributed by atoms with Crippen LogP contribution in [0.4, 0.5) is 0 Å². The van der Waals surface area contributed by atoms with Crippen molar-refractivity contribution in [1.29, 1.82) is 0 Å². The first-order chi connectivity index (χ1) is 7.89. The quantitative estimate of drug-likeness (QED) is 0.710. The molecule has 0 amide bonds. The molecule has 0 spiro atoms. The van der Waals surface area contributed by atoms with Crippen molar-refractivity contribution in [3.63, 3.8) is 0 Å². The summed E-state index contributed by atoms with van der Waals surface area (Å²) in [5, 5.41) is 0. The molecule has 0 bridgehead atoms. The van der Waals surface area contributed by atoms with E-state index in [4.69, 9.17) is 0 Å². The Hall–Kier alpha value is -2.10. The minimum absolute atomic E-state index is 0.566. The summed E-state index contributed by atoms with van der Waals surface area (Å²) in [6.45, 7) is 0. The smallest absolute Gasteiger partial charge is 0.201 e. The molecule has 0 aliphatic carbocycles. The molecule has 4 heteroatoms. The number of nitrogens with zero attached hydrogens (tertiary/aromatic N) is 4. The predicted octanol–water partition coefficient (Wildman–Crippen LogP) is 1.52. The summed E-state index contributed by atoms with van der Waals surface area (Å²) < 4.78 is 0. The van der Waals surface area contributed by atoms with Gasteiger partial charge in [-0.25, -0.2) is 20.0 Å². The van der Waals surface area contributed by atoms with E-state index in [1.165, 1.54) is 5.56 Å². The van der Waals surface area contributed by atoms with E-state index in [9.17, 15) is 0 Å². The van der Waals surface area contributed by atoms with Crippen LogP contribution in [-0.2, 0) is 6.42 Å². The van der Waals surface area contributed by atoms with Gasteiger partial charge in [0.25, 0.3) is 0 Å².